The van der Waals surface area contributed by atoms with Crippen molar-refractivity contribution in [1.82, 2.24) is 14.9 Å². The third-order valence-corrected chi connectivity index (χ3v) is 7.13. The van der Waals surface area contributed by atoms with Gasteiger partial charge in [0.15, 0.2) is 11.5 Å². The second-order valence-electron chi connectivity index (χ2n) is 9.39. The fraction of sp³-hybridized carbons (Fsp3) is 0.464. The summed E-state index contributed by atoms with van der Waals surface area (Å²) in [6, 6.07) is 9.75. The van der Waals surface area contributed by atoms with E-state index >= 15 is 0 Å². The van der Waals surface area contributed by atoms with Crippen molar-refractivity contribution >= 4 is 39.9 Å². The largest absolute Gasteiger partial charge is 0.490 e. The van der Waals surface area contributed by atoms with Crippen LogP contribution in [0.25, 0.3) is 10.9 Å². The Hall–Kier alpha value is -3.14. The Morgan fingerprint density at radius 2 is 1.97 bits per heavy atom. The molecule has 9 nitrogen and oxygen atoms in total. The van der Waals surface area contributed by atoms with Crippen LogP contribution in [0.4, 0.5) is 11.5 Å². The number of hydrogen-bond acceptors (Lipinski definition) is 8. The Morgan fingerprint density at radius 1 is 1.11 bits per heavy atom. The van der Waals surface area contributed by atoms with Crippen LogP contribution >= 0.6 is 11.6 Å². The van der Waals surface area contributed by atoms with Gasteiger partial charge in [0.25, 0.3) is 0 Å². The van der Waals surface area contributed by atoms with E-state index < -0.39 is 0 Å². The molecule has 1 amide bonds. The molecule has 0 aliphatic carbocycles. The van der Waals surface area contributed by atoms with Crippen molar-refractivity contribution in [3.8, 4) is 11.5 Å². The summed E-state index contributed by atoms with van der Waals surface area (Å²) in [5, 5.41) is 4.92. The van der Waals surface area contributed by atoms with E-state index in [1.54, 1.807) is 0 Å². The van der Waals surface area contributed by atoms with Gasteiger partial charge in [-0.1, -0.05) is 24.6 Å². The van der Waals surface area contributed by atoms with E-state index in [-0.39, 0.29) is 18.6 Å². The van der Waals surface area contributed by atoms with Gasteiger partial charge >= 0.3 is 0 Å². The minimum absolute atomic E-state index is 0.0212. The Balaban J connectivity index is 1.37. The van der Waals surface area contributed by atoms with E-state index in [0.29, 0.717) is 68.3 Å². The molecule has 5 rings (SSSR count). The highest BCUT2D eigenvalue weighted by Gasteiger charge is 2.21. The molecule has 2 fully saturated rings. The molecule has 0 bridgehead atoms. The summed E-state index contributed by atoms with van der Waals surface area (Å²) < 4.78 is 23.3. The lowest BCUT2D eigenvalue weighted by atomic mass is 10.1. The molecule has 2 aromatic carbocycles. The molecule has 0 atom stereocenters. The molecule has 0 unspecified atom stereocenters. The number of halogens is 1. The van der Waals surface area contributed by atoms with Crippen LogP contribution < -0.4 is 14.8 Å². The maximum Gasteiger partial charge on any atom is 0.248 e. The van der Waals surface area contributed by atoms with Crippen LogP contribution in [0.2, 0.25) is 5.02 Å². The van der Waals surface area contributed by atoms with Crippen LogP contribution in [0, 0.1) is 0 Å². The third kappa shape index (κ3) is 6.46. The smallest absolute Gasteiger partial charge is 0.248 e. The van der Waals surface area contributed by atoms with Gasteiger partial charge in [0, 0.05) is 48.1 Å². The zero-order valence-electron chi connectivity index (χ0n) is 21.6. The molecule has 38 heavy (non-hydrogen) atoms. The number of rotatable bonds is 10. The summed E-state index contributed by atoms with van der Waals surface area (Å²) in [4.78, 5) is 22.8. The lowest BCUT2D eigenvalue weighted by molar-refractivity contribution is -0.142. The van der Waals surface area contributed by atoms with Crippen molar-refractivity contribution < 1.29 is 23.7 Å². The van der Waals surface area contributed by atoms with Crippen molar-refractivity contribution in [2.24, 2.45) is 0 Å². The monoisotopic (exact) mass is 540 g/mol. The Bertz CT molecular complexity index is 1270. The number of benzene rings is 2. The zero-order chi connectivity index (χ0) is 26.3. The molecule has 1 N–H and O–H groups in total. The number of carbonyl (C=O) groups is 1. The molecular weight excluding hydrogens is 508 g/mol. The first-order chi connectivity index (χ1) is 18.6. The molecular formula is C28H33ClN4O5. The first kappa shape index (κ1) is 26.5. The summed E-state index contributed by atoms with van der Waals surface area (Å²) in [6.45, 7) is 5.84. The summed E-state index contributed by atoms with van der Waals surface area (Å²) in [5.74, 6) is 1.94. The van der Waals surface area contributed by atoms with Crippen LogP contribution in [-0.2, 0) is 20.7 Å². The van der Waals surface area contributed by atoms with E-state index in [1.165, 1.54) is 6.33 Å². The second kappa shape index (κ2) is 12.6. The van der Waals surface area contributed by atoms with E-state index in [2.05, 4.69) is 22.2 Å². The van der Waals surface area contributed by atoms with E-state index in [1.807, 2.05) is 35.2 Å². The number of anilines is 2. The van der Waals surface area contributed by atoms with Gasteiger partial charge in [0.2, 0.25) is 5.91 Å². The Labute approximate surface area is 227 Å². The minimum atomic E-state index is 0.0212. The first-order valence-corrected chi connectivity index (χ1v) is 13.6. The highest BCUT2D eigenvalue weighted by atomic mass is 35.5. The predicted octanol–water partition coefficient (Wildman–Crippen LogP) is 4.77. The van der Waals surface area contributed by atoms with Gasteiger partial charge in [0.05, 0.1) is 31.9 Å². The van der Waals surface area contributed by atoms with Crippen LogP contribution in [0.15, 0.2) is 36.7 Å². The number of morpholine rings is 1. The van der Waals surface area contributed by atoms with Gasteiger partial charge in [-0.05, 0) is 36.6 Å². The summed E-state index contributed by atoms with van der Waals surface area (Å²) in [6.07, 6.45) is 4.76. The lowest BCUT2D eigenvalue weighted by Crippen LogP contribution is -2.42. The second-order valence-corrected chi connectivity index (χ2v) is 9.80. The van der Waals surface area contributed by atoms with Crippen molar-refractivity contribution in [3.63, 3.8) is 0 Å². The number of fused-ring (bicyclic) bond motifs is 1. The molecule has 0 saturated carbocycles. The SMILES string of the molecule is CCc1ccc(Nc2ncnc3cc(OCCCN4CCOCC4=O)c(OC4CCOCC4)cc23)cc1Cl. The normalized spacial score (nSPS) is 16.6. The predicted molar refractivity (Wildman–Crippen MR) is 146 cm³/mol. The average Bonchev–Trinajstić information content (AvgIpc) is 2.93. The molecule has 2 aliphatic heterocycles. The number of nitrogens with one attached hydrogen (secondary N) is 1. The van der Waals surface area contributed by atoms with Crippen molar-refractivity contribution in [2.45, 2.75) is 38.7 Å². The Morgan fingerprint density at radius 3 is 2.76 bits per heavy atom. The highest BCUT2D eigenvalue weighted by molar-refractivity contribution is 6.31. The van der Waals surface area contributed by atoms with Crippen LogP contribution in [0.3, 0.4) is 0 Å². The molecule has 2 saturated heterocycles. The molecule has 3 heterocycles. The maximum atomic E-state index is 12.0. The molecule has 0 spiro atoms. The van der Waals surface area contributed by atoms with E-state index in [0.717, 1.165) is 41.4 Å². The van der Waals surface area contributed by atoms with Gasteiger partial charge in [-0.25, -0.2) is 9.97 Å². The standard InChI is InChI=1S/C28H33ClN4O5/c1-2-19-4-5-20(14-23(19)29)32-28-22-15-26(38-21-6-11-35-12-7-21)25(16-24(22)30-18-31-28)37-10-3-8-33-9-13-36-17-27(33)34/h4-5,14-16,18,21H,2-3,6-13,17H2,1H3,(H,30,31,32). The summed E-state index contributed by atoms with van der Waals surface area (Å²) in [7, 11) is 0. The van der Waals surface area contributed by atoms with E-state index in [4.69, 9.17) is 30.5 Å². The van der Waals surface area contributed by atoms with Gasteiger partial charge in [0.1, 0.15) is 24.9 Å². The third-order valence-electron chi connectivity index (χ3n) is 6.77. The number of amides is 1. The molecule has 1 aromatic heterocycles. The highest BCUT2D eigenvalue weighted by Crippen LogP contribution is 2.37. The number of aromatic nitrogens is 2. The minimum Gasteiger partial charge on any atom is -0.490 e. The number of hydrogen-bond donors (Lipinski definition) is 1. The fourth-order valence-electron chi connectivity index (χ4n) is 4.61. The fourth-order valence-corrected chi connectivity index (χ4v) is 4.93. The molecule has 2 aliphatic rings. The van der Waals surface area contributed by atoms with Crippen LogP contribution in [-0.4, -0.2) is 73.0 Å². The quantitative estimate of drug-likeness (QED) is 0.367. The zero-order valence-corrected chi connectivity index (χ0v) is 22.3. The van der Waals surface area contributed by atoms with Gasteiger partial charge < -0.3 is 29.2 Å². The summed E-state index contributed by atoms with van der Waals surface area (Å²) >= 11 is 6.44. The number of ether oxygens (including phenoxy) is 4. The molecule has 202 valence electrons. The molecule has 0 radical (unpaired) electrons. The van der Waals surface area contributed by atoms with Gasteiger partial charge in [-0.2, -0.15) is 0 Å². The number of aryl methyl sites for hydroxylation is 1. The summed E-state index contributed by atoms with van der Waals surface area (Å²) in [5.41, 5.74) is 2.67. The lowest BCUT2D eigenvalue weighted by Gasteiger charge is -2.27. The average molecular weight is 541 g/mol. The van der Waals surface area contributed by atoms with Crippen LogP contribution in [0.1, 0.15) is 31.7 Å². The van der Waals surface area contributed by atoms with Gasteiger partial charge in [-0.3, -0.25) is 4.79 Å². The van der Waals surface area contributed by atoms with E-state index in [9.17, 15) is 4.79 Å². The van der Waals surface area contributed by atoms with Crippen LogP contribution in [0.5, 0.6) is 11.5 Å². The van der Waals surface area contributed by atoms with Crippen molar-refractivity contribution in [3.05, 3.63) is 47.2 Å². The number of carbonyl (C=O) groups excluding carboxylic acids is 1. The topological polar surface area (TPSA) is 95.0 Å². The number of nitrogens with zero attached hydrogens (tertiary/aromatic N) is 3. The van der Waals surface area contributed by atoms with Crippen molar-refractivity contribution in [2.75, 3.05) is 51.4 Å². The van der Waals surface area contributed by atoms with Gasteiger partial charge in [-0.15, -0.1) is 0 Å². The Kier molecular flexibility index (Phi) is 8.78. The molecule has 3 aromatic rings. The maximum absolute atomic E-state index is 12.0. The first-order valence-electron chi connectivity index (χ1n) is 13.2. The van der Waals surface area contributed by atoms with Crippen molar-refractivity contribution in [1.29, 1.82) is 0 Å². The molecule has 10 heteroatoms.